The van der Waals surface area contributed by atoms with Gasteiger partial charge in [0.1, 0.15) is 0 Å². The van der Waals surface area contributed by atoms with Crippen molar-refractivity contribution in [3.63, 3.8) is 0 Å². The van der Waals surface area contributed by atoms with Crippen LogP contribution in [0.25, 0.3) is 0 Å². The van der Waals surface area contributed by atoms with E-state index in [2.05, 4.69) is 5.32 Å². The van der Waals surface area contributed by atoms with Gasteiger partial charge in [0.15, 0.2) is 11.5 Å². The summed E-state index contributed by atoms with van der Waals surface area (Å²) in [5.41, 5.74) is 0.858. The quantitative estimate of drug-likeness (QED) is 0.840. The van der Waals surface area contributed by atoms with Gasteiger partial charge < -0.3 is 24.7 Å². The summed E-state index contributed by atoms with van der Waals surface area (Å²) in [7, 11) is 3.11. The first-order valence-electron chi connectivity index (χ1n) is 7.76. The van der Waals surface area contributed by atoms with E-state index >= 15 is 0 Å². The van der Waals surface area contributed by atoms with Gasteiger partial charge >= 0.3 is 0 Å². The number of carboxylic acid groups (broad SMARTS) is 1. The SMILES string of the molecule is COc1ccc(CNC(=O)[C@H]2CCCC[C@@H]2C(=O)[O-])cc1OC. The number of carbonyl (C=O) groups is 2. The maximum Gasteiger partial charge on any atom is 0.224 e. The minimum Gasteiger partial charge on any atom is -0.550 e. The zero-order chi connectivity index (χ0) is 16.8. The highest BCUT2D eigenvalue weighted by Gasteiger charge is 2.31. The number of nitrogens with one attached hydrogen (secondary N) is 1. The van der Waals surface area contributed by atoms with Crippen molar-refractivity contribution in [2.75, 3.05) is 14.2 Å². The lowest BCUT2D eigenvalue weighted by molar-refractivity contribution is -0.314. The van der Waals surface area contributed by atoms with Crippen molar-refractivity contribution < 1.29 is 24.2 Å². The Hall–Kier alpha value is -2.24. The molecule has 2 atom stereocenters. The summed E-state index contributed by atoms with van der Waals surface area (Å²) in [6.45, 7) is 0.315. The fourth-order valence-corrected chi connectivity index (χ4v) is 3.04. The van der Waals surface area contributed by atoms with Gasteiger partial charge in [-0.05, 0) is 30.5 Å². The number of ether oxygens (including phenoxy) is 2. The molecule has 0 aliphatic heterocycles. The normalized spacial score (nSPS) is 20.6. The van der Waals surface area contributed by atoms with Crippen LogP contribution < -0.4 is 19.9 Å². The van der Waals surface area contributed by atoms with Crippen molar-refractivity contribution in [1.29, 1.82) is 0 Å². The fourth-order valence-electron chi connectivity index (χ4n) is 3.04. The Morgan fingerprint density at radius 2 is 1.78 bits per heavy atom. The molecular formula is C17H22NO5-. The lowest BCUT2D eigenvalue weighted by Crippen LogP contribution is -2.44. The maximum absolute atomic E-state index is 12.3. The van der Waals surface area contributed by atoms with Gasteiger partial charge in [-0.3, -0.25) is 4.79 Å². The summed E-state index contributed by atoms with van der Waals surface area (Å²) in [6, 6.07) is 5.39. The number of hydrogen-bond acceptors (Lipinski definition) is 5. The van der Waals surface area contributed by atoms with Gasteiger partial charge in [-0.25, -0.2) is 0 Å². The first kappa shape index (κ1) is 17.1. The zero-order valence-electron chi connectivity index (χ0n) is 13.5. The molecule has 6 heteroatoms. The number of hydrogen-bond donors (Lipinski definition) is 1. The van der Waals surface area contributed by atoms with Gasteiger partial charge in [-0.2, -0.15) is 0 Å². The molecule has 0 unspecified atom stereocenters. The van der Waals surface area contributed by atoms with Crippen LogP contribution in [0.3, 0.4) is 0 Å². The van der Waals surface area contributed by atoms with Gasteiger partial charge in [0.2, 0.25) is 5.91 Å². The number of carbonyl (C=O) groups excluding carboxylic acids is 2. The topological polar surface area (TPSA) is 87.7 Å². The van der Waals surface area contributed by atoms with Crippen molar-refractivity contribution in [1.82, 2.24) is 5.32 Å². The first-order chi connectivity index (χ1) is 11.1. The Kier molecular flexibility index (Phi) is 5.84. The molecule has 126 valence electrons. The van der Waals surface area contributed by atoms with E-state index in [9.17, 15) is 14.7 Å². The summed E-state index contributed by atoms with van der Waals surface area (Å²) in [4.78, 5) is 23.5. The average molecular weight is 320 g/mol. The van der Waals surface area contributed by atoms with E-state index in [1.165, 1.54) is 0 Å². The molecule has 0 spiro atoms. The van der Waals surface area contributed by atoms with Crippen LogP contribution in [-0.2, 0) is 16.1 Å². The maximum atomic E-state index is 12.3. The molecule has 2 rings (SSSR count). The average Bonchev–Trinajstić information content (AvgIpc) is 2.59. The monoisotopic (exact) mass is 320 g/mol. The molecule has 1 aliphatic carbocycles. The van der Waals surface area contributed by atoms with Crippen molar-refractivity contribution >= 4 is 11.9 Å². The van der Waals surface area contributed by atoms with Crippen LogP contribution in [0.4, 0.5) is 0 Å². The predicted molar refractivity (Wildman–Crippen MR) is 81.8 cm³/mol. The lowest BCUT2D eigenvalue weighted by Gasteiger charge is -2.31. The van der Waals surface area contributed by atoms with Crippen LogP contribution in [0.2, 0.25) is 0 Å². The smallest absolute Gasteiger partial charge is 0.224 e. The predicted octanol–water partition coefficient (Wildman–Crippen LogP) is 0.876. The second kappa shape index (κ2) is 7.85. The number of carboxylic acids is 1. The van der Waals surface area contributed by atoms with Crippen LogP contribution in [-0.4, -0.2) is 26.1 Å². The lowest BCUT2D eigenvalue weighted by atomic mass is 9.78. The standard InChI is InChI=1S/C17H23NO5/c1-22-14-8-7-11(9-15(14)23-2)10-18-16(19)12-5-3-4-6-13(12)17(20)21/h7-9,12-13H,3-6,10H2,1-2H3,(H,18,19)(H,20,21)/p-1/t12-,13-/m0/s1. The largest absolute Gasteiger partial charge is 0.550 e. The second-order valence-electron chi connectivity index (χ2n) is 5.72. The number of methoxy groups -OCH3 is 2. The molecule has 0 saturated heterocycles. The van der Waals surface area contributed by atoms with E-state index in [0.717, 1.165) is 18.4 Å². The molecular weight excluding hydrogens is 298 g/mol. The molecule has 6 nitrogen and oxygen atoms in total. The molecule has 1 saturated carbocycles. The molecule has 1 amide bonds. The minimum atomic E-state index is -1.13. The van der Waals surface area contributed by atoms with Gasteiger partial charge in [-0.1, -0.05) is 18.9 Å². The Balaban J connectivity index is 1.99. The molecule has 1 aliphatic rings. The van der Waals surface area contributed by atoms with Gasteiger partial charge in [0, 0.05) is 24.3 Å². The van der Waals surface area contributed by atoms with Crippen LogP contribution in [0.15, 0.2) is 18.2 Å². The third kappa shape index (κ3) is 4.15. The Morgan fingerprint density at radius 3 is 2.39 bits per heavy atom. The third-order valence-corrected chi connectivity index (χ3v) is 4.32. The van der Waals surface area contributed by atoms with Crippen molar-refractivity contribution in [3.8, 4) is 11.5 Å². The Bertz CT molecular complexity index is 572. The number of benzene rings is 1. The summed E-state index contributed by atoms with van der Waals surface area (Å²) in [5, 5.41) is 14.0. The fraction of sp³-hybridized carbons (Fsp3) is 0.529. The van der Waals surface area contributed by atoms with E-state index < -0.39 is 17.8 Å². The Labute approximate surface area is 135 Å². The summed E-state index contributed by atoms with van der Waals surface area (Å²) in [6.07, 6.45) is 2.81. The van der Waals surface area contributed by atoms with Gasteiger partial charge in [0.25, 0.3) is 0 Å². The van der Waals surface area contributed by atoms with Gasteiger partial charge in [0.05, 0.1) is 14.2 Å². The summed E-state index contributed by atoms with van der Waals surface area (Å²) >= 11 is 0. The van der Waals surface area contributed by atoms with E-state index in [-0.39, 0.29) is 5.91 Å². The minimum absolute atomic E-state index is 0.228. The summed E-state index contributed by atoms with van der Waals surface area (Å²) in [5.74, 6) is -1.34. The molecule has 0 bridgehead atoms. The zero-order valence-corrected chi connectivity index (χ0v) is 13.5. The highest BCUT2D eigenvalue weighted by molar-refractivity contribution is 5.84. The van der Waals surface area contributed by atoms with Crippen molar-refractivity contribution in [2.45, 2.75) is 32.2 Å². The molecule has 0 aromatic heterocycles. The van der Waals surface area contributed by atoms with Crippen LogP contribution in [0.1, 0.15) is 31.2 Å². The van der Waals surface area contributed by atoms with Gasteiger partial charge in [-0.15, -0.1) is 0 Å². The van der Waals surface area contributed by atoms with Crippen molar-refractivity contribution in [3.05, 3.63) is 23.8 Å². The second-order valence-corrected chi connectivity index (χ2v) is 5.72. The third-order valence-electron chi connectivity index (χ3n) is 4.32. The molecule has 1 aromatic rings. The van der Waals surface area contributed by atoms with Crippen molar-refractivity contribution in [2.24, 2.45) is 11.8 Å². The first-order valence-corrected chi connectivity index (χ1v) is 7.76. The van der Waals surface area contributed by atoms with E-state index in [4.69, 9.17) is 9.47 Å². The highest BCUT2D eigenvalue weighted by atomic mass is 16.5. The molecule has 23 heavy (non-hydrogen) atoms. The van der Waals surface area contributed by atoms with E-state index in [1.807, 2.05) is 6.07 Å². The van der Waals surface area contributed by atoms with Crippen LogP contribution in [0.5, 0.6) is 11.5 Å². The number of amides is 1. The number of aliphatic carboxylic acids is 1. The van der Waals surface area contributed by atoms with Crippen LogP contribution in [0, 0.1) is 11.8 Å². The molecule has 0 heterocycles. The van der Waals surface area contributed by atoms with Crippen LogP contribution >= 0.6 is 0 Å². The molecule has 0 radical (unpaired) electrons. The van der Waals surface area contributed by atoms with E-state index in [1.54, 1.807) is 26.4 Å². The molecule has 1 fully saturated rings. The summed E-state index contributed by atoms with van der Waals surface area (Å²) < 4.78 is 10.4. The number of rotatable bonds is 6. The Morgan fingerprint density at radius 1 is 1.13 bits per heavy atom. The van der Waals surface area contributed by atoms with E-state index in [0.29, 0.717) is 30.9 Å². The molecule has 1 aromatic carbocycles. The highest BCUT2D eigenvalue weighted by Crippen LogP contribution is 2.30. The molecule has 1 N–H and O–H groups in total.